The summed E-state index contributed by atoms with van der Waals surface area (Å²) in [5.41, 5.74) is 9.28. The van der Waals surface area contributed by atoms with Gasteiger partial charge in [0.1, 0.15) is 5.82 Å². The van der Waals surface area contributed by atoms with Crippen molar-refractivity contribution in [1.29, 1.82) is 0 Å². The maximum Gasteiger partial charge on any atom is 0.276 e. The van der Waals surface area contributed by atoms with Gasteiger partial charge in [-0.3, -0.25) is 9.78 Å². The first kappa shape index (κ1) is 21.9. The number of pyridine rings is 2. The zero-order valence-corrected chi connectivity index (χ0v) is 18.2. The average Bonchev–Trinajstić information content (AvgIpc) is 2.77. The number of nitrogens with two attached hydrogens (primary N) is 1. The highest BCUT2D eigenvalue weighted by molar-refractivity contribution is 6.06. The summed E-state index contributed by atoms with van der Waals surface area (Å²) in [5.74, 6) is -0.485. The first-order valence-electron chi connectivity index (χ1n) is 10.8. The number of amides is 1. The molecule has 1 saturated carbocycles. The summed E-state index contributed by atoms with van der Waals surface area (Å²) in [6.07, 6.45) is 5.41. The fourth-order valence-electron chi connectivity index (χ4n) is 4.46. The number of aryl methyl sites for hydroxylation is 1. The number of rotatable bonds is 4. The Morgan fingerprint density at radius 1 is 1.22 bits per heavy atom. The van der Waals surface area contributed by atoms with Crippen LogP contribution in [0.5, 0.6) is 0 Å². The number of hydrogen-bond donors (Lipinski definition) is 3. The van der Waals surface area contributed by atoms with Gasteiger partial charge in [-0.15, -0.1) is 0 Å². The molecule has 4 N–H and O–H groups in total. The van der Waals surface area contributed by atoms with E-state index in [2.05, 4.69) is 15.3 Å². The second kappa shape index (κ2) is 9.04. The minimum Gasteiger partial charge on any atom is -0.397 e. The second-order valence-corrected chi connectivity index (χ2v) is 8.54. The second-order valence-electron chi connectivity index (χ2n) is 8.54. The lowest BCUT2D eigenvalue weighted by molar-refractivity contribution is 0.0712. The van der Waals surface area contributed by atoms with Crippen molar-refractivity contribution in [3.05, 3.63) is 71.4 Å². The molecule has 3 atom stereocenters. The Balaban J connectivity index is 1.63. The smallest absolute Gasteiger partial charge is 0.276 e. The van der Waals surface area contributed by atoms with Gasteiger partial charge in [-0.2, -0.15) is 0 Å². The van der Waals surface area contributed by atoms with Gasteiger partial charge >= 0.3 is 0 Å². The van der Waals surface area contributed by atoms with Gasteiger partial charge in [-0.05, 0) is 73.4 Å². The molecule has 6 nitrogen and oxygen atoms in total. The van der Waals surface area contributed by atoms with Crippen LogP contribution in [-0.4, -0.2) is 27.1 Å². The van der Waals surface area contributed by atoms with Crippen LogP contribution in [0.4, 0.5) is 15.8 Å². The molecule has 1 aliphatic rings. The highest BCUT2D eigenvalue weighted by Crippen LogP contribution is 2.39. The monoisotopic (exact) mass is 434 g/mol. The first-order valence-corrected chi connectivity index (χ1v) is 10.8. The van der Waals surface area contributed by atoms with E-state index in [4.69, 9.17) is 5.73 Å². The van der Waals surface area contributed by atoms with Crippen molar-refractivity contribution in [2.45, 2.75) is 45.1 Å². The SMILES string of the molecule is Cc1cccc(F)c1-c1ccc(N)c(C(=O)Nc2cnccc2C2CCC(O)C(C)C2)n1. The van der Waals surface area contributed by atoms with Gasteiger partial charge in [-0.25, -0.2) is 9.37 Å². The number of carbonyl (C=O) groups excluding carboxylic acids is 1. The van der Waals surface area contributed by atoms with Gasteiger partial charge < -0.3 is 16.2 Å². The number of anilines is 2. The van der Waals surface area contributed by atoms with Gasteiger partial charge in [-0.1, -0.05) is 19.1 Å². The fourth-order valence-corrected chi connectivity index (χ4v) is 4.46. The van der Waals surface area contributed by atoms with Crippen LogP contribution in [0.1, 0.15) is 53.7 Å². The van der Waals surface area contributed by atoms with Crippen LogP contribution in [0.25, 0.3) is 11.3 Å². The van der Waals surface area contributed by atoms with Gasteiger partial charge in [0.2, 0.25) is 0 Å². The number of hydrogen-bond acceptors (Lipinski definition) is 5. The van der Waals surface area contributed by atoms with Crippen molar-refractivity contribution in [3.8, 4) is 11.3 Å². The number of halogens is 1. The summed E-state index contributed by atoms with van der Waals surface area (Å²) in [4.78, 5) is 21.7. The molecule has 1 fully saturated rings. The predicted molar refractivity (Wildman–Crippen MR) is 123 cm³/mol. The lowest BCUT2D eigenvalue weighted by Gasteiger charge is -2.32. The number of benzene rings is 1. The topological polar surface area (TPSA) is 101 Å². The molecule has 166 valence electrons. The number of nitrogens with one attached hydrogen (secondary N) is 1. The Morgan fingerprint density at radius 3 is 2.78 bits per heavy atom. The predicted octanol–water partition coefficient (Wildman–Crippen LogP) is 4.69. The Kier molecular flexibility index (Phi) is 6.19. The molecule has 1 amide bonds. The van der Waals surface area contributed by atoms with Crippen LogP contribution in [0.2, 0.25) is 0 Å². The van der Waals surface area contributed by atoms with Crippen molar-refractivity contribution >= 4 is 17.3 Å². The molecule has 0 aliphatic heterocycles. The van der Waals surface area contributed by atoms with E-state index in [-0.39, 0.29) is 29.3 Å². The molecule has 1 aliphatic carbocycles. The lowest BCUT2D eigenvalue weighted by Crippen LogP contribution is -2.26. The molecule has 2 aromatic heterocycles. The summed E-state index contributed by atoms with van der Waals surface area (Å²) in [5, 5.41) is 13.0. The summed E-state index contributed by atoms with van der Waals surface area (Å²) in [6, 6.07) is 9.87. The molecular formula is C25H27FN4O2. The van der Waals surface area contributed by atoms with Crippen molar-refractivity contribution in [2.75, 3.05) is 11.1 Å². The van der Waals surface area contributed by atoms with Gasteiger partial charge in [0.15, 0.2) is 5.69 Å². The Hall–Kier alpha value is -3.32. The van der Waals surface area contributed by atoms with Crippen molar-refractivity contribution in [2.24, 2.45) is 5.92 Å². The Bertz CT molecular complexity index is 1130. The van der Waals surface area contributed by atoms with Crippen LogP contribution in [-0.2, 0) is 0 Å². The first-order chi connectivity index (χ1) is 15.3. The number of aliphatic hydroxyl groups is 1. The van der Waals surface area contributed by atoms with E-state index in [1.54, 1.807) is 43.6 Å². The van der Waals surface area contributed by atoms with Crippen molar-refractivity contribution in [1.82, 2.24) is 9.97 Å². The maximum atomic E-state index is 14.4. The van der Waals surface area contributed by atoms with E-state index in [9.17, 15) is 14.3 Å². The average molecular weight is 435 g/mol. The van der Waals surface area contributed by atoms with E-state index in [1.165, 1.54) is 6.07 Å². The molecule has 2 heterocycles. The summed E-state index contributed by atoms with van der Waals surface area (Å²) in [7, 11) is 0. The quantitative estimate of drug-likeness (QED) is 0.553. The van der Waals surface area contributed by atoms with Crippen molar-refractivity contribution in [3.63, 3.8) is 0 Å². The summed E-state index contributed by atoms with van der Waals surface area (Å²) >= 11 is 0. The van der Waals surface area contributed by atoms with Crippen LogP contribution in [0.3, 0.4) is 0 Å². The number of aliphatic hydroxyl groups excluding tert-OH is 1. The van der Waals surface area contributed by atoms with E-state index in [1.807, 2.05) is 13.0 Å². The highest BCUT2D eigenvalue weighted by Gasteiger charge is 2.29. The molecule has 1 aromatic carbocycles. The standard InChI is InChI=1S/C25H27FN4O2/c1-14-4-3-5-18(26)23(14)20-8-7-19(27)24(29-20)25(32)30-21-13-28-11-10-17(21)16-6-9-22(31)15(2)12-16/h3-5,7-8,10-11,13,15-16,22,31H,6,9,12,27H2,1-2H3,(H,30,32). The summed E-state index contributed by atoms with van der Waals surface area (Å²) in [6.45, 7) is 3.83. The van der Waals surface area contributed by atoms with E-state index in [0.717, 1.165) is 30.4 Å². The molecular weight excluding hydrogens is 407 g/mol. The molecule has 0 bridgehead atoms. The Morgan fingerprint density at radius 2 is 2.03 bits per heavy atom. The number of carbonyl (C=O) groups is 1. The van der Waals surface area contributed by atoms with Crippen LogP contribution in [0, 0.1) is 18.7 Å². The molecule has 4 rings (SSSR count). The van der Waals surface area contributed by atoms with E-state index >= 15 is 0 Å². The van der Waals surface area contributed by atoms with Gasteiger partial charge in [0.25, 0.3) is 5.91 Å². The zero-order valence-electron chi connectivity index (χ0n) is 18.2. The lowest BCUT2D eigenvalue weighted by atomic mass is 9.77. The molecule has 0 saturated heterocycles. The van der Waals surface area contributed by atoms with Crippen LogP contribution >= 0.6 is 0 Å². The largest absolute Gasteiger partial charge is 0.397 e. The van der Waals surface area contributed by atoms with Crippen LogP contribution in [0.15, 0.2) is 48.8 Å². The van der Waals surface area contributed by atoms with E-state index < -0.39 is 11.7 Å². The molecule has 3 unspecified atom stereocenters. The number of nitrogens with zero attached hydrogens (tertiary/aromatic N) is 2. The summed E-state index contributed by atoms with van der Waals surface area (Å²) < 4.78 is 14.4. The molecule has 3 aromatic rings. The fraction of sp³-hybridized carbons (Fsp3) is 0.320. The van der Waals surface area contributed by atoms with E-state index in [0.29, 0.717) is 16.9 Å². The molecule has 32 heavy (non-hydrogen) atoms. The van der Waals surface area contributed by atoms with Gasteiger partial charge in [0.05, 0.1) is 29.4 Å². The molecule has 7 heteroatoms. The third kappa shape index (κ3) is 4.34. The minimum absolute atomic E-state index is 0.0346. The highest BCUT2D eigenvalue weighted by atomic mass is 19.1. The van der Waals surface area contributed by atoms with Gasteiger partial charge in [0, 0.05) is 11.8 Å². The third-order valence-electron chi connectivity index (χ3n) is 6.29. The number of nitrogen functional groups attached to an aromatic ring is 1. The maximum absolute atomic E-state index is 14.4. The van der Waals surface area contributed by atoms with Crippen molar-refractivity contribution < 1.29 is 14.3 Å². The minimum atomic E-state index is -0.475. The molecule has 0 spiro atoms. The van der Waals surface area contributed by atoms with Crippen LogP contribution < -0.4 is 11.1 Å². The number of aromatic nitrogens is 2. The normalized spacial score (nSPS) is 20.7. The third-order valence-corrected chi connectivity index (χ3v) is 6.29. The molecule has 0 radical (unpaired) electrons. The zero-order chi connectivity index (χ0) is 22.8. The Labute approximate surface area is 186 Å².